The average molecular weight is 277 g/mol. The molecule has 3 nitrogen and oxygen atoms in total. The number of nitrogens with one attached hydrogen (secondary N) is 1. The number of para-hydroxylation sites is 1. The molecule has 0 saturated carbocycles. The number of aromatic nitrogens is 1. The molecule has 1 heterocycles. The summed E-state index contributed by atoms with van der Waals surface area (Å²) < 4.78 is 0. The van der Waals surface area contributed by atoms with Gasteiger partial charge in [0.15, 0.2) is 0 Å². The van der Waals surface area contributed by atoms with Gasteiger partial charge in [-0.3, -0.25) is 4.98 Å². The normalized spacial score (nSPS) is 10.7. The Kier molecular flexibility index (Phi) is 3.73. The number of hydrogen-bond donors (Lipinski definition) is 2. The number of aryl methyl sites for hydroxylation is 1. The van der Waals surface area contributed by atoms with Gasteiger partial charge in [-0.25, -0.2) is 0 Å². The van der Waals surface area contributed by atoms with Gasteiger partial charge in [-0.15, -0.1) is 0 Å². The van der Waals surface area contributed by atoms with Crippen LogP contribution in [0.4, 0.5) is 11.4 Å². The van der Waals surface area contributed by atoms with Crippen LogP contribution < -0.4 is 11.1 Å². The van der Waals surface area contributed by atoms with E-state index in [9.17, 15) is 0 Å². The Labute approximate surface area is 124 Å². The molecule has 1 aromatic heterocycles. The van der Waals surface area contributed by atoms with Crippen molar-refractivity contribution in [2.24, 2.45) is 0 Å². The SMILES string of the molecule is Cc1cc(NCCc2ccc(N)cc2)c2ccccc2n1. The van der Waals surface area contributed by atoms with Crippen LogP contribution in [0.25, 0.3) is 10.9 Å². The molecule has 3 N–H and O–H groups in total. The van der Waals surface area contributed by atoms with Crippen LogP contribution in [0.1, 0.15) is 11.3 Å². The second-order valence-electron chi connectivity index (χ2n) is 5.25. The van der Waals surface area contributed by atoms with Gasteiger partial charge in [0.1, 0.15) is 0 Å². The lowest BCUT2D eigenvalue weighted by atomic mass is 10.1. The summed E-state index contributed by atoms with van der Waals surface area (Å²) in [7, 11) is 0. The third kappa shape index (κ3) is 3.14. The number of anilines is 2. The Morgan fingerprint density at radius 1 is 1.05 bits per heavy atom. The summed E-state index contributed by atoms with van der Waals surface area (Å²) in [6, 6.07) is 18.4. The predicted molar refractivity (Wildman–Crippen MR) is 89.5 cm³/mol. The average Bonchev–Trinajstić information content (AvgIpc) is 2.49. The van der Waals surface area contributed by atoms with Gasteiger partial charge in [-0.1, -0.05) is 30.3 Å². The number of nitrogens with zero attached hydrogens (tertiary/aromatic N) is 1. The lowest BCUT2D eigenvalue weighted by molar-refractivity contribution is 1.02. The summed E-state index contributed by atoms with van der Waals surface area (Å²) in [6.45, 7) is 2.91. The summed E-state index contributed by atoms with van der Waals surface area (Å²) in [4.78, 5) is 4.56. The molecule has 106 valence electrons. The van der Waals surface area contributed by atoms with Gasteiger partial charge in [0.05, 0.1) is 5.52 Å². The fraction of sp³-hybridized carbons (Fsp3) is 0.167. The summed E-state index contributed by atoms with van der Waals surface area (Å²) in [6.07, 6.45) is 0.968. The molecule has 2 aromatic carbocycles. The predicted octanol–water partition coefficient (Wildman–Crippen LogP) is 3.78. The van der Waals surface area contributed by atoms with Crippen molar-refractivity contribution < 1.29 is 0 Å². The first-order chi connectivity index (χ1) is 10.2. The number of benzene rings is 2. The topological polar surface area (TPSA) is 50.9 Å². The summed E-state index contributed by atoms with van der Waals surface area (Å²) in [5.41, 5.74) is 11.0. The third-order valence-corrected chi connectivity index (χ3v) is 3.55. The van der Waals surface area contributed by atoms with E-state index in [-0.39, 0.29) is 0 Å². The van der Waals surface area contributed by atoms with Crippen LogP contribution in [0.5, 0.6) is 0 Å². The van der Waals surface area contributed by atoms with Crippen molar-refractivity contribution in [3.63, 3.8) is 0 Å². The number of rotatable bonds is 4. The van der Waals surface area contributed by atoms with Crippen molar-refractivity contribution in [1.82, 2.24) is 4.98 Å². The van der Waals surface area contributed by atoms with E-state index in [4.69, 9.17) is 5.73 Å². The van der Waals surface area contributed by atoms with Crippen molar-refractivity contribution >= 4 is 22.3 Å². The molecule has 0 saturated heterocycles. The van der Waals surface area contributed by atoms with E-state index < -0.39 is 0 Å². The molecular formula is C18H19N3. The molecule has 0 fully saturated rings. The molecule has 0 bridgehead atoms. The molecule has 0 aliphatic heterocycles. The van der Waals surface area contributed by atoms with Crippen LogP contribution in [-0.4, -0.2) is 11.5 Å². The Hall–Kier alpha value is -2.55. The zero-order chi connectivity index (χ0) is 14.7. The van der Waals surface area contributed by atoms with E-state index in [1.165, 1.54) is 10.9 Å². The Morgan fingerprint density at radius 2 is 1.81 bits per heavy atom. The first-order valence-electron chi connectivity index (χ1n) is 7.17. The monoisotopic (exact) mass is 277 g/mol. The highest BCUT2D eigenvalue weighted by Crippen LogP contribution is 2.22. The fourth-order valence-electron chi connectivity index (χ4n) is 2.48. The third-order valence-electron chi connectivity index (χ3n) is 3.55. The largest absolute Gasteiger partial charge is 0.399 e. The molecule has 0 aliphatic rings. The van der Waals surface area contributed by atoms with Crippen LogP contribution in [0.15, 0.2) is 54.6 Å². The van der Waals surface area contributed by atoms with Crippen LogP contribution in [-0.2, 0) is 6.42 Å². The van der Waals surface area contributed by atoms with Crippen LogP contribution in [0.3, 0.4) is 0 Å². The van der Waals surface area contributed by atoms with Gasteiger partial charge in [-0.2, -0.15) is 0 Å². The van der Waals surface area contributed by atoms with Crippen molar-refractivity contribution in [3.8, 4) is 0 Å². The highest BCUT2D eigenvalue weighted by atomic mass is 14.9. The molecular weight excluding hydrogens is 258 g/mol. The maximum Gasteiger partial charge on any atom is 0.0725 e. The highest BCUT2D eigenvalue weighted by molar-refractivity contribution is 5.91. The van der Waals surface area contributed by atoms with Crippen LogP contribution in [0.2, 0.25) is 0 Å². The van der Waals surface area contributed by atoms with Gasteiger partial charge >= 0.3 is 0 Å². The molecule has 0 unspecified atom stereocenters. The zero-order valence-electron chi connectivity index (χ0n) is 12.1. The Bertz CT molecular complexity index is 748. The second kappa shape index (κ2) is 5.83. The number of fused-ring (bicyclic) bond motifs is 1. The minimum Gasteiger partial charge on any atom is -0.399 e. The second-order valence-corrected chi connectivity index (χ2v) is 5.25. The molecule has 0 radical (unpaired) electrons. The molecule has 0 aliphatic carbocycles. The molecule has 3 aromatic rings. The standard InChI is InChI=1S/C18H19N3/c1-13-12-18(16-4-2-3-5-17(16)21-13)20-11-10-14-6-8-15(19)9-7-14/h2-9,12H,10-11,19H2,1H3,(H,20,21). The van der Waals surface area contributed by atoms with Crippen molar-refractivity contribution in [1.29, 1.82) is 0 Å². The fourth-order valence-corrected chi connectivity index (χ4v) is 2.48. The van der Waals surface area contributed by atoms with E-state index in [1.54, 1.807) is 0 Å². The van der Waals surface area contributed by atoms with Gasteiger partial charge in [-0.05, 0) is 43.2 Å². The summed E-state index contributed by atoms with van der Waals surface area (Å²) >= 11 is 0. The lowest BCUT2D eigenvalue weighted by Gasteiger charge is -2.11. The number of hydrogen-bond acceptors (Lipinski definition) is 3. The van der Waals surface area contributed by atoms with E-state index in [0.717, 1.165) is 35.6 Å². The smallest absolute Gasteiger partial charge is 0.0725 e. The highest BCUT2D eigenvalue weighted by Gasteiger charge is 2.03. The van der Waals surface area contributed by atoms with E-state index in [0.29, 0.717) is 0 Å². The summed E-state index contributed by atoms with van der Waals surface area (Å²) in [5, 5.41) is 4.69. The van der Waals surface area contributed by atoms with Gasteiger partial charge in [0, 0.05) is 29.0 Å². The van der Waals surface area contributed by atoms with Gasteiger partial charge in [0.2, 0.25) is 0 Å². The van der Waals surface area contributed by atoms with Crippen LogP contribution >= 0.6 is 0 Å². The number of pyridine rings is 1. The molecule has 0 spiro atoms. The Balaban J connectivity index is 1.74. The van der Waals surface area contributed by atoms with Crippen molar-refractivity contribution in [3.05, 3.63) is 65.9 Å². The van der Waals surface area contributed by atoms with Crippen LogP contribution in [0, 0.1) is 6.92 Å². The van der Waals surface area contributed by atoms with Crippen molar-refractivity contribution in [2.75, 3.05) is 17.6 Å². The molecule has 0 atom stereocenters. The van der Waals surface area contributed by atoms with Gasteiger partial charge < -0.3 is 11.1 Å². The molecule has 3 heteroatoms. The van der Waals surface area contributed by atoms with Crippen molar-refractivity contribution in [2.45, 2.75) is 13.3 Å². The summed E-state index contributed by atoms with van der Waals surface area (Å²) in [5.74, 6) is 0. The number of nitrogen functional groups attached to an aromatic ring is 1. The molecule has 3 rings (SSSR count). The van der Waals surface area contributed by atoms with E-state index >= 15 is 0 Å². The first kappa shape index (κ1) is 13.4. The minimum atomic E-state index is 0.808. The maximum atomic E-state index is 5.70. The quantitative estimate of drug-likeness (QED) is 0.713. The van der Waals surface area contributed by atoms with E-state index in [1.807, 2.05) is 37.3 Å². The number of nitrogens with two attached hydrogens (primary N) is 1. The molecule has 0 amide bonds. The Morgan fingerprint density at radius 3 is 2.62 bits per heavy atom. The zero-order valence-corrected chi connectivity index (χ0v) is 12.1. The van der Waals surface area contributed by atoms with E-state index in [2.05, 4.69) is 34.6 Å². The van der Waals surface area contributed by atoms with Gasteiger partial charge in [0.25, 0.3) is 0 Å². The lowest BCUT2D eigenvalue weighted by Crippen LogP contribution is -2.06. The minimum absolute atomic E-state index is 0.808. The first-order valence-corrected chi connectivity index (χ1v) is 7.17. The molecule has 21 heavy (non-hydrogen) atoms. The maximum absolute atomic E-state index is 5.70.